The third kappa shape index (κ3) is 4.35. The van der Waals surface area contributed by atoms with Crippen molar-refractivity contribution in [3.8, 4) is 0 Å². The van der Waals surface area contributed by atoms with Gasteiger partial charge in [-0.05, 0) is 31.8 Å². The van der Waals surface area contributed by atoms with Gasteiger partial charge in [-0.2, -0.15) is 0 Å². The number of nitrogens with zero attached hydrogens (tertiary/aromatic N) is 3. The molecular formula is C15H23BrClN3. The van der Waals surface area contributed by atoms with Gasteiger partial charge in [-0.15, -0.1) is 0 Å². The number of halogens is 2. The largest absolute Gasteiger partial charge is 0.368 e. The molecule has 1 fully saturated rings. The second-order valence-corrected chi connectivity index (χ2v) is 6.52. The molecule has 0 radical (unpaired) electrons. The van der Waals surface area contributed by atoms with Gasteiger partial charge < -0.3 is 9.80 Å². The van der Waals surface area contributed by atoms with Crippen LogP contribution in [0.3, 0.4) is 0 Å². The molecule has 5 heteroatoms. The molecule has 1 aliphatic rings. The summed E-state index contributed by atoms with van der Waals surface area (Å²) in [5, 5.41) is 1.72. The average Bonchev–Trinajstić information content (AvgIpc) is 2.45. The minimum absolute atomic E-state index is 0.852. The zero-order valence-corrected chi connectivity index (χ0v) is 14.6. The van der Waals surface area contributed by atoms with E-state index in [1.165, 1.54) is 11.3 Å². The number of anilines is 1. The van der Waals surface area contributed by atoms with Crippen molar-refractivity contribution in [2.45, 2.75) is 5.33 Å². The predicted octanol–water partition coefficient (Wildman–Crippen LogP) is 2.92. The van der Waals surface area contributed by atoms with Crippen molar-refractivity contribution in [2.75, 3.05) is 58.3 Å². The van der Waals surface area contributed by atoms with E-state index in [1.807, 2.05) is 0 Å². The molecule has 1 aromatic carbocycles. The van der Waals surface area contributed by atoms with Crippen molar-refractivity contribution < 1.29 is 0 Å². The van der Waals surface area contributed by atoms with Crippen LogP contribution in [0.1, 0.15) is 5.56 Å². The zero-order valence-electron chi connectivity index (χ0n) is 12.3. The molecule has 3 nitrogen and oxygen atoms in total. The molecule has 2 rings (SSSR count). The Kier molecular flexibility index (Phi) is 6.15. The van der Waals surface area contributed by atoms with Crippen LogP contribution in [0.4, 0.5) is 5.69 Å². The molecule has 0 aliphatic carbocycles. The highest BCUT2D eigenvalue weighted by atomic mass is 79.9. The summed E-state index contributed by atoms with van der Waals surface area (Å²) >= 11 is 9.86. The van der Waals surface area contributed by atoms with Crippen LogP contribution < -0.4 is 4.90 Å². The van der Waals surface area contributed by atoms with Crippen LogP contribution in [-0.4, -0.2) is 63.2 Å². The topological polar surface area (TPSA) is 9.72 Å². The monoisotopic (exact) mass is 359 g/mol. The molecule has 20 heavy (non-hydrogen) atoms. The summed E-state index contributed by atoms with van der Waals surface area (Å²) in [6, 6.07) is 6.35. The second kappa shape index (κ2) is 7.64. The minimum atomic E-state index is 0.852. The molecule has 0 aromatic heterocycles. The standard InChI is InChI=1S/C15H23BrClN3/c1-18(2)5-6-19-7-9-20(10-8-19)15-4-3-13(12-16)11-14(15)17/h3-4,11H,5-10,12H2,1-2H3. The summed E-state index contributed by atoms with van der Waals surface area (Å²) in [5.74, 6) is 0. The lowest BCUT2D eigenvalue weighted by Gasteiger charge is -2.37. The first kappa shape index (κ1) is 16.1. The van der Waals surface area contributed by atoms with Crippen LogP contribution in [0.5, 0.6) is 0 Å². The van der Waals surface area contributed by atoms with Crippen molar-refractivity contribution in [1.82, 2.24) is 9.80 Å². The molecule has 0 bridgehead atoms. The Hall–Kier alpha value is -0.290. The van der Waals surface area contributed by atoms with Crippen LogP contribution in [0.25, 0.3) is 0 Å². The summed E-state index contributed by atoms with van der Waals surface area (Å²) < 4.78 is 0. The Balaban J connectivity index is 1.90. The molecule has 0 unspecified atom stereocenters. The maximum absolute atomic E-state index is 6.40. The molecule has 0 N–H and O–H groups in total. The van der Waals surface area contributed by atoms with Gasteiger partial charge >= 0.3 is 0 Å². The van der Waals surface area contributed by atoms with E-state index >= 15 is 0 Å². The van der Waals surface area contributed by atoms with Crippen molar-refractivity contribution in [2.24, 2.45) is 0 Å². The lowest BCUT2D eigenvalue weighted by Crippen LogP contribution is -2.48. The van der Waals surface area contributed by atoms with Gasteiger partial charge in [0.25, 0.3) is 0 Å². The van der Waals surface area contributed by atoms with Crippen LogP contribution in [0, 0.1) is 0 Å². The van der Waals surface area contributed by atoms with Gasteiger partial charge in [0.1, 0.15) is 0 Å². The highest BCUT2D eigenvalue weighted by molar-refractivity contribution is 9.08. The van der Waals surface area contributed by atoms with E-state index in [1.54, 1.807) is 0 Å². The number of hydrogen-bond acceptors (Lipinski definition) is 3. The second-order valence-electron chi connectivity index (χ2n) is 5.55. The Labute approximate surface area is 135 Å². The van der Waals surface area contributed by atoms with Crippen molar-refractivity contribution in [3.05, 3.63) is 28.8 Å². The number of rotatable bonds is 5. The van der Waals surface area contributed by atoms with E-state index in [0.29, 0.717) is 0 Å². The molecule has 0 saturated carbocycles. The van der Waals surface area contributed by atoms with Crippen molar-refractivity contribution in [3.63, 3.8) is 0 Å². The van der Waals surface area contributed by atoms with Crippen LogP contribution >= 0.6 is 27.5 Å². The number of piperazine rings is 1. The lowest BCUT2D eigenvalue weighted by molar-refractivity contribution is 0.229. The van der Waals surface area contributed by atoms with Gasteiger partial charge in [0, 0.05) is 44.6 Å². The summed E-state index contributed by atoms with van der Waals surface area (Å²) in [6.45, 7) is 6.62. The normalized spacial score (nSPS) is 16.9. The molecule has 0 atom stereocenters. The fourth-order valence-corrected chi connectivity index (χ4v) is 3.12. The number of likely N-dealkylation sites (N-methyl/N-ethyl adjacent to an activating group) is 1. The molecular weight excluding hydrogens is 338 g/mol. The first-order valence-electron chi connectivity index (χ1n) is 7.06. The molecule has 1 aliphatic heterocycles. The predicted molar refractivity (Wildman–Crippen MR) is 91.3 cm³/mol. The Bertz CT molecular complexity index is 431. The fraction of sp³-hybridized carbons (Fsp3) is 0.600. The zero-order chi connectivity index (χ0) is 14.5. The highest BCUT2D eigenvalue weighted by Crippen LogP contribution is 2.28. The number of alkyl halides is 1. The summed E-state index contributed by atoms with van der Waals surface area (Å²) in [4.78, 5) is 7.16. The Morgan fingerprint density at radius 1 is 1.20 bits per heavy atom. The van der Waals surface area contributed by atoms with Gasteiger partial charge in [0.15, 0.2) is 0 Å². The SMILES string of the molecule is CN(C)CCN1CCN(c2ccc(CBr)cc2Cl)CC1. The Morgan fingerprint density at radius 2 is 1.90 bits per heavy atom. The fourth-order valence-electron chi connectivity index (χ4n) is 2.44. The summed E-state index contributed by atoms with van der Waals surface area (Å²) in [5.41, 5.74) is 2.40. The smallest absolute Gasteiger partial charge is 0.0642 e. The molecule has 112 valence electrons. The third-order valence-electron chi connectivity index (χ3n) is 3.74. The molecule has 1 saturated heterocycles. The van der Waals surface area contributed by atoms with E-state index in [2.05, 4.69) is 62.9 Å². The van der Waals surface area contributed by atoms with Crippen molar-refractivity contribution >= 4 is 33.2 Å². The third-order valence-corrected chi connectivity index (χ3v) is 4.69. The minimum Gasteiger partial charge on any atom is -0.368 e. The van der Waals surface area contributed by atoms with E-state index in [-0.39, 0.29) is 0 Å². The van der Waals surface area contributed by atoms with Crippen LogP contribution in [0.2, 0.25) is 5.02 Å². The van der Waals surface area contributed by atoms with Crippen LogP contribution in [0.15, 0.2) is 18.2 Å². The molecule has 0 spiro atoms. The van der Waals surface area contributed by atoms with Gasteiger partial charge in [0.05, 0.1) is 10.7 Å². The lowest BCUT2D eigenvalue weighted by atomic mass is 10.2. The maximum atomic E-state index is 6.40. The van der Waals surface area contributed by atoms with Crippen LogP contribution in [-0.2, 0) is 5.33 Å². The highest BCUT2D eigenvalue weighted by Gasteiger charge is 2.18. The molecule has 1 aromatic rings. The quantitative estimate of drug-likeness (QED) is 0.748. The number of benzene rings is 1. The van der Waals surface area contributed by atoms with E-state index in [0.717, 1.165) is 49.6 Å². The summed E-state index contributed by atoms with van der Waals surface area (Å²) in [7, 11) is 4.25. The first-order valence-corrected chi connectivity index (χ1v) is 8.56. The molecule has 1 heterocycles. The van der Waals surface area contributed by atoms with E-state index in [4.69, 9.17) is 11.6 Å². The maximum Gasteiger partial charge on any atom is 0.0642 e. The van der Waals surface area contributed by atoms with Crippen molar-refractivity contribution in [1.29, 1.82) is 0 Å². The number of hydrogen-bond donors (Lipinski definition) is 0. The van der Waals surface area contributed by atoms with Gasteiger partial charge in [-0.25, -0.2) is 0 Å². The van der Waals surface area contributed by atoms with E-state index < -0.39 is 0 Å². The van der Waals surface area contributed by atoms with E-state index in [9.17, 15) is 0 Å². The van der Waals surface area contributed by atoms with Gasteiger partial charge in [0.2, 0.25) is 0 Å². The molecule has 0 amide bonds. The summed E-state index contributed by atoms with van der Waals surface area (Å²) in [6.07, 6.45) is 0. The Morgan fingerprint density at radius 3 is 2.45 bits per heavy atom. The van der Waals surface area contributed by atoms with Gasteiger partial charge in [-0.1, -0.05) is 33.6 Å². The first-order chi connectivity index (χ1) is 9.60. The average molecular weight is 361 g/mol. The van der Waals surface area contributed by atoms with Gasteiger partial charge in [-0.3, -0.25) is 4.90 Å².